The van der Waals surface area contributed by atoms with Gasteiger partial charge in [0.05, 0.1) is 6.54 Å². The first-order valence-electron chi connectivity index (χ1n) is 8.54. The van der Waals surface area contributed by atoms with Crippen molar-refractivity contribution in [1.82, 2.24) is 15.2 Å². The van der Waals surface area contributed by atoms with Gasteiger partial charge in [0.25, 0.3) is 11.5 Å². The van der Waals surface area contributed by atoms with Crippen molar-refractivity contribution in [2.75, 3.05) is 19.7 Å². The monoisotopic (exact) mass is 389 g/mol. The second-order valence-corrected chi connectivity index (χ2v) is 5.80. The first-order valence-corrected chi connectivity index (χ1v) is 8.54. The summed E-state index contributed by atoms with van der Waals surface area (Å²) >= 11 is 0. The minimum Gasteiger partial charge on any atom is -0.452 e. The molecule has 0 saturated heterocycles. The van der Waals surface area contributed by atoms with Crippen molar-refractivity contribution in [2.45, 2.75) is 13.5 Å². The Morgan fingerprint density at radius 2 is 1.89 bits per heavy atom. The number of hydrogen-bond donors (Lipinski definition) is 2. The number of carbonyl (C=O) groups is 3. The third-order valence-electron chi connectivity index (χ3n) is 3.84. The zero-order valence-electron chi connectivity index (χ0n) is 15.2. The third-order valence-corrected chi connectivity index (χ3v) is 3.84. The molecule has 2 aromatic rings. The quantitative estimate of drug-likeness (QED) is 0.651. The number of nitrogens with zero attached hydrogens (tertiary/aromatic N) is 1. The average molecular weight is 389 g/mol. The van der Waals surface area contributed by atoms with Gasteiger partial charge in [0.2, 0.25) is 5.91 Å². The maximum absolute atomic E-state index is 12.9. The summed E-state index contributed by atoms with van der Waals surface area (Å²) in [7, 11) is 0. The van der Waals surface area contributed by atoms with E-state index in [-0.39, 0.29) is 31.0 Å². The number of benzene rings is 1. The molecule has 0 bridgehead atoms. The fraction of sp³-hybridized carbons (Fsp3) is 0.263. The number of rotatable bonds is 8. The molecular weight excluding hydrogens is 369 g/mol. The van der Waals surface area contributed by atoms with Gasteiger partial charge in [-0.25, -0.2) is 9.18 Å². The van der Waals surface area contributed by atoms with Gasteiger partial charge in [-0.1, -0.05) is 12.1 Å². The van der Waals surface area contributed by atoms with Crippen LogP contribution in [0.4, 0.5) is 4.39 Å². The lowest BCUT2D eigenvalue weighted by molar-refractivity contribution is -0.138. The first-order chi connectivity index (χ1) is 13.4. The van der Waals surface area contributed by atoms with Crippen LogP contribution in [0.5, 0.6) is 0 Å². The Labute approximate surface area is 160 Å². The molecule has 0 fully saturated rings. The Kier molecular flexibility index (Phi) is 7.44. The maximum atomic E-state index is 12.9. The predicted octanol–water partition coefficient (Wildman–Crippen LogP) is 0.836. The van der Waals surface area contributed by atoms with Gasteiger partial charge in [0.1, 0.15) is 11.4 Å². The first kappa shape index (κ1) is 20.8. The van der Waals surface area contributed by atoms with Gasteiger partial charge in [-0.05, 0) is 36.8 Å². The number of esters is 1. The Bertz CT molecular complexity index is 895. The van der Waals surface area contributed by atoms with E-state index in [0.717, 1.165) is 0 Å². The SMILES string of the molecule is CCN(CC(=O)NCc1ccc(F)cc1)C(=O)COC(=O)c1ccc[nH]c1=O. The van der Waals surface area contributed by atoms with Crippen molar-refractivity contribution < 1.29 is 23.5 Å². The van der Waals surface area contributed by atoms with E-state index >= 15 is 0 Å². The molecule has 2 amide bonds. The number of carbonyl (C=O) groups excluding carboxylic acids is 3. The number of nitrogens with one attached hydrogen (secondary N) is 2. The van der Waals surface area contributed by atoms with E-state index in [1.54, 1.807) is 19.1 Å². The molecule has 1 aromatic heterocycles. The van der Waals surface area contributed by atoms with Crippen molar-refractivity contribution >= 4 is 17.8 Å². The molecule has 0 aliphatic rings. The van der Waals surface area contributed by atoms with Crippen LogP contribution in [-0.4, -0.2) is 47.4 Å². The van der Waals surface area contributed by atoms with E-state index in [9.17, 15) is 23.6 Å². The average Bonchev–Trinajstić information content (AvgIpc) is 2.69. The molecule has 28 heavy (non-hydrogen) atoms. The highest BCUT2D eigenvalue weighted by atomic mass is 19.1. The summed E-state index contributed by atoms with van der Waals surface area (Å²) in [5, 5.41) is 2.63. The molecule has 0 aliphatic carbocycles. The van der Waals surface area contributed by atoms with Gasteiger partial charge < -0.3 is 19.9 Å². The van der Waals surface area contributed by atoms with Gasteiger partial charge in [0.15, 0.2) is 6.61 Å². The van der Waals surface area contributed by atoms with E-state index in [2.05, 4.69) is 10.3 Å². The lowest BCUT2D eigenvalue weighted by Crippen LogP contribution is -2.42. The van der Waals surface area contributed by atoms with Gasteiger partial charge in [0, 0.05) is 19.3 Å². The smallest absolute Gasteiger partial charge is 0.344 e. The third kappa shape index (κ3) is 6.04. The molecule has 2 N–H and O–H groups in total. The Morgan fingerprint density at radius 1 is 1.18 bits per heavy atom. The highest BCUT2D eigenvalue weighted by Crippen LogP contribution is 2.02. The minimum absolute atomic E-state index is 0.191. The van der Waals surface area contributed by atoms with E-state index in [1.807, 2.05) is 0 Å². The number of likely N-dealkylation sites (N-methyl/N-ethyl adjacent to an activating group) is 1. The lowest BCUT2D eigenvalue weighted by atomic mass is 10.2. The van der Waals surface area contributed by atoms with Crippen molar-refractivity contribution in [3.05, 3.63) is 69.9 Å². The standard InChI is InChI=1S/C19H20FN3O5/c1-2-23(11-16(24)22-10-13-5-7-14(20)8-6-13)17(25)12-28-19(27)15-4-3-9-21-18(15)26/h3-9H,2,10-12H2,1H3,(H,21,26)(H,22,24). The molecule has 2 rings (SSSR count). The Morgan fingerprint density at radius 3 is 2.54 bits per heavy atom. The number of hydrogen-bond acceptors (Lipinski definition) is 5. The molecule has 0 saturated carbocycles. The lowest BCUT2D eigenvalue weighted by Gasteiger charge is -2.20. The predicted molar refractivity (Wildman–Crippen MR) is 97.8 cm³/mol. The van der Waals surface area contributed by atoms with Gasteiger partial charge in [-0.15, -0.1) is 0 Å². The number of pyridine rings is 1. The number of H-pyrrole nitrogens is 1. The summed E-state index contributed by atoms with van der Waals surface area (Å²) in [6, 6.07) is 8.41. The van der Waals surface area contributed by atoms with Crippen molar-refractivity contribution in [1.29, 1.82) is 0 Å². The highest BCUT2D eigenvalue weighted by molar-refractivity contribution is 5.91. The minimum atomic E-state index is -0.924. The number of halogens is 1. The zero-order valence-corrected chi connectivity index (χ0v) is 15.2. The van der Waals surface area contributed by atoms with E-state index in [0.29, 0.717) is 5.56 Å². The highest BCUT2D eigenvalue weighted by Gasteiger charge is 2.19. The van der Waals surface area contributed by atoms with E-state index < -0.39 is 29.9 Å². The fourth-order valence-corrected chi connectivity index (χ4v) is 2.29. The van der Waals surface area contributed by atoms with Crippen LogP contribution in [-0.2, 0) is 20.9 Å². The molecule has 148 valence electrons. The van der Waals surface area contributed by atoms with Crippen LogP contribution in [0.25, 0.3) is 0 Å². The number of ether oxygens (including phenoxy) is 1. The van der Waals surface area contributed by atoms with E-state index in [1.165, 1.54) is 35.4 Å². The Hall–Kier alpha value is -3.49. The summed E-state index contributed by atoms with van der Waals surface area (Å²) in [5.41, 5.74) is -0.117. The van der Waals surface area contributed by atoms with Gasteiger partial charge in [-0.3, -0.25) is 14.4 Å². The molecule has 0 unspecified atom stereocenters. The van der Waals surface area contributed by atoms with Crippen LogP contribution in [0.3, 0.4) is 0 Å². The van der Waals surface area contributed by atoms with Crippen LogP contribution in [0, 0.1) is 5.82 Å². The van der Waals surface area contributed by atoms with Crippen molar-refractivity contribution in [2.24, 2.45) is 0 Å². The maximum Gasteiger partial charge on any atom is 0.344 e. The molecule has 0 aliphatic heterocycles. The molecule has 9 heteroatoms. The second-order valence-electron chi connectivity index (χ2n) is 5.80. The molecule has 1 heterocycles. The summed E-state index contributed by atoms with van der Waals surface area (Å²) in [5.74, 6) is -2.28. The van der Waals surface area contributed by atoms with Crippen molar-refractivity contribution in [3.8, 4) is 0 Å². The molecular formula is C19H20FN3O5. The summed E-state index contributed by atoms with van der Waals surface area (Å²) in [4.78, 5) is 51.1. The van der Waals surface area contributed by atoms with Crippen LogP contribution < -0.4 is 10.9 Å². The molecule has 0 spiro atoms. The van der Waals surface area contributed by atoms with Crippen LogP contribution >= 0.6 is 0 Å². The van der Waals surface area contributed by atoms with Gasteiger partial charge in [-0.2, -0.15) is 0 Å². The second kappa shape index (κ2) is 10.0. The summed E-state index contributed by atoms with van der Waals surface area (Å²) in [6.07, 6.45) is 1.37. The zero-order chi connectivity index (χ0) is 20.5. The fourth-order valence-electron chi connectivity index (χ4n) is 2.29. The molecule has 8 nitrogen and oxygen atoms in total. The molecule has 0 atom stereocenters. The Balaban J connectivity index is 1.82. The molecule has 1 aromatic carbocycles. The van der Waals surface area contributed by atoms with E-state index in [4.69, 9.17) is 4.74 Å². The topological polar surface area (TPSA) is 109 Å². The van der Waals surface area contributed by atoms with Crippen molar-refractivity contribution in [3.63, 3.8) is 0 Å². The summed E-state index contributed by atoms with van der Waals surface area (Å²) in [6.45, 7) is 1.28. The van der Waals surface area contributed by atoms with Crippen LogP contribution in [0.2, 0.25) is 0 Å². The van der Waals surface area contributed by atoms with Crippen LogP contribution in [0.15, 0.2) is 47.4 Å². The number of aromatic nitrogens is 1. The van der Waals surface area contributed by atoms with Crippen LogP contribution in [0.1, 0.15) is 22.8 Å². The van der Waals surface area contributed by atoms with Gasteiger partial charge >= 0.3 is 5.97 Å². The number of amides is 2. The number of aromatic amines is 1. The summed E-state index contributed by atoms with van der Waals surface area (Å²) < 4.78 is 17.7. The normalized spacial score (nSPS) is 10.2. The molecule has 0 radical (unpaired) electrons. The largest absolute Gasteiger partial charge is 0.452 e.